The van der Waals surface area contributed by atoms with E-state index < -0.39 is 23.0 Å². The number of hydrogen-bond acceptors (Lipinski definition) is 6. The Balaban J connectivity index is 0.00000423. The summed E-state index contributed by atoms with van der Waals surface area (Å²) >= 11 is 0. The van der Waals surface area contributed by atoms with Crippen LogP contribution in [0, 0.1) is 18.8 Å². The average Bonchev–Trinajstić information content (AvgIpc) is 2.98. The van der Waals surface area contributed by atoms with Gasteiger partial charge in [-0.05, 0) is 79.7 Å². The van der Waals surface area contributed by atoms with E-state index in [1.54, 1.807) is 56.5 Å². The lowest BCUT2D eigenvalue weighted by atomic mass is 10.0. The largest absolute Gasteiger partial charge is 0.497 e. The second-order valence-electron chi connectivity index (χ2n) is 9.12. The van der Waals surface area contributed by atoms with E-state index in [0.717, 1.165) is 23.1 Å². The predicted octanol–water partition coefficient (Wildman–Crippen LogP) is 6.63. The van der Waals surface area contributed by atoms with Crippen molar-refractivity contribution >= 4 is 12.4 Å². The van der Waals surface area contributed by atoms with Gasteiger partial charge in [0, 0.05) is 22.4 Å². The Hall–Kier alpha value is -5.14. The normalized spacial score (nSPS) is 10.7. The summed E-state index contributed by atoms with van der Waals surface area (Å²) in [7, 11) is 1.59. The monoisotopic (exact) mass is 604 g/mol. The van der Waals surface area contributed by atoms with Crippen LogP contribution in [0.5, 0.6) is 11.5 Å². The van der Waals surface area contributed by atoms with Gasteiger partial charge in [-0.3, -0.25) is 9.97 Å². The number of nitrogens with one attached hydrogen (secondary N) is 1. The highest BCUT2D eigenvalue weighted by molar-refractivity contribution is 5.85. The van der Waals surface area contributed by atoms with Crippen molar-refractivity contribution in [3.63, 3.8) is 0 Å². The van der Waals surface area contributed by atoms with E-state index in [0.29, 0.717) is 16.8 Å². The van der Waals surface area contributed by atoms with Gasteiger partial charge in [0.2, 0.25) is 0 Å². The van der Waals surface area contributed by atoms with Gasteiger partial charge in [-0.15, -0.1) is 12.4 Å². The first kappa shape index (κ1) is 30.8. The maximum Gasteiger partial charge on any atom is 0.417 e. The van der Waals surface area contributed by atoms with Crippen LogP contribution in [0.2, 0.25) is 0 Å². The number of aromatic amines is 1. The quantitative estimate of drug-likeness (QED) is 0.219. The molecular formula is C32H24ClF3N4O3. The van der Waals surface area contributed by atoms with E-state index in [4.69, 9.17) is 9.47 Å². The number of hydrogen-bond donors (Lipinski definition) is 1. The van der Waals surface area contributed by atoms with E-state index in [2.05, 4.69) is 31.8 Å². The van der Waals surface area contributed by atoms with Crippen molar-refractivity contribution in [2.24, 2.45) is 0 Å². The molecule has 0 unspecified atom stereocenters. The number of halogens is 4. The molecule has 0 aliphatic carbocycles. The molecular weight excluding hydrogens is 581 g/mol. The number of aromatic nitrogens is 4. The first-order valence-electron chi connectivity index (χ1n) is 12.7. The van der Waals surface area contributed by atoms with Crippen LogP contribution >= 0.6 is 12.4 Å². The Morgan fingerprint density at radius 1 is 0.837 bits per heavy atom. The summed E-state index contributed by atoms with van der Waals surface area (Å²) in [6, 6.07) is 22.8. The molecule has 0 fully saturated rings. The second-order valence-corrected chi connectivity index (χ2v) is 9.12. The minimum Gasteiger partial charge on any atom is -0.497 e. The molecule has 5 rings (SSSR count). The van der Waals surface area contributed by atoms with Gasteiger partial charge < -0.3 is 9.47 Å². The highest BCUT2D eigenvalue weighted by atomic mass is 35.5. The van der Waals surface area contributed by atoms with Crippen LogP contribution in [-0.2, 0) is 12.8 Å². The Kier molecular flexibility index (Phi) is 9.48. The molecule has 2 heterocycles. The van der Waals surface area contributed by atoms with Gasteiger partial charge >= 0.3 is 11.9 Å². The van der Waals surface area contributed by atoms with E-state index in [-0.39, 0.29) is 36.4 Å². The van der Waals surface area contributed by atoms with Crippen molar-refractivity contribution in [1.82, 2.24) is 19.9 Å². The molecule has 0 bridgehead atoms. The van der Waals surface area contributed by atoms with Crippen LogP contribution in [0.25, 0.3) is 22.8 Å². The molecule has 3 aromatic carbocycles. The third-order valence-electron chi connectivity index (χ3n) is 6.12. The van der Waals surface area contributed by atoms with Crippen molar-refractivity contribution in [2.45, 2.75) is 19.7 Å². The Morgan fingerprint density at radius 3 is 2.12 bits per heavy atom. The summed E-state index contributed by atoms with van der Waals surface area (Å²) < 4.78 is 53.3. The summed E-state index contributed by atoms with van der Waals surface area (Å²) in [6.07, 6.45) is -4.75. The number of methoxy groups -OCH3 is 1. The van der Waals surface area contributed by atoms with Gasteiger partial charge in [-0.1, -0.05) is 24.0 Å². The van der Waals surface area contributed by atoms with E-state index >= 15 is 0 Å². The summed E-state index contributed by atoms with van der Waals surface area (Å²) in [5, 5.41) is 0. The summed E-state index contributed by atoms with van der Waals surface area (Å²) in [6.45, 7) is 1.71. The van der Waals surface area contributed by atoms with Gasteiger partial charge in [0.25, 0.3) is 0 Å². The number of aryl methyl sites for hydroxylation is 1. The molecule has 0 spiro atoms. The molecule has 0 saturated heterocycles. The minimum atomic E-state index is -4.75. The number of pyridine rings is 1. The summed E-state index contributed by atoms with van der Waals surface area (Å²) in [4.78, 5) is 27.4. The molecule has 218 valence electrons. The van der Waals surface area contributed by atoms with E-state index in [1.165, 1.54) is 12.1 Å². The lowest BCUT2D eigenvalue weighted by Gasteiger charge is -2.17. The van der Waals surface area contributed by atoms with Crippen LogP contribution < -0.4 is 15.2 Å². The third-order valence-corrected chi connectivity index (χ3v) is 6.12. The topological polar surface area (TPSA) is 90.0 Å². The van der Waals surface area contributed by atoms with E-state index in [1.807, 2.05) is 24.3 Å². The number of rotatable bonds is 6. The van der Waals surface area contributed by atoms with Crippen LogP contribution in [0.1, 0.15) is 28.1 Å². The average molecular weight is 605 g/mol. The van der Waals surface area contributed by atoms with Crippen molar-refractivity contribution in [1.29, 1.82) is 0 Å². The lowest BCUT2D eigenvalue weighted by molar-refractivity contribution is -0.137. The SMILES string of the molecule is COc1ccc(C#Cc2ccc(-c3nc(-c4c(OCc5cccc(C)n5)cccc4C(F)(F)F)[nH]c(=O)n3)cc2)cc1.Cl. The molecule has 0 radical (unpaired) electrons. The van der Waals surface area contributed by atoms with Gasteiger partial charge in [0.05, 0.1) is 23.9 Å². The lowest BCUT2D eigenvalue weighted by Crippen LogP contribution is -2.17. The van der Waals surface area contributed by atoms with Gasteiger partial charge in [0.15, 0.2) is 5.82 Å². The molecule has 2 aromatic heterocycles. The van der Waals surface area contributed by atoms with Crippen LogP contribution in [0.15, 0.2) is 89.7 Å². The fourth-order valence-electron chi connectivity index (χ4n) is 4.12. The van der Waals surface area contributed by atoms with Crippen molar-refractivity contribution < 1.29 is 22.6 Å². The van der Waals surface area contributed by atoms with Gasteiger partial charge in [-0.25, -0.2) is 9.78 Å². The Bertz CT molecular complexity index is 1850. The summed E-state index contributed by atoms with van der Waals surface area (Å²) in [5.41, 5.74) is 0.898. The zero-order valence-corrected chi connectivity index (χ0v) is 23.7. The predicted molar refractivity (Wildman–Crippen MR) is 158 cm³/mol. The second kappa shape index (κ2) is 13.2. The molecule has 11 heteroatoms. The van der Waals surface area contributed by atoms with Gasteiger partial charge in [-0.2, -0.15) is 18.2 Å². The number of benzene rings is 3. The highest BCUT2D eigenvalue weighted by Gasteiger charge is 2.36. The van der Waals surface area contributed by atoms with Crippen LogP contribution in [0.3, 0.4) is 0 Å². The molecule has 7 nitrogen and oxygen atoms in total. The maximum atomic E-state index is 14.1. The molecule has 1 N–H and O–H groups in total. The summed E-state index contributed by atoms with van der Waals surface area (Å²) in [5.74, 6) is 6.33. The van der Waals surface area contributed by atoms with Crippen molar-refractivity contribution in [2.75, 3.05) is 7.11 Å². The van der Waals surface area contributed by atoms with Crippen LogP contribution in [-0.4, -0.2) is 27.0 Å². The van der Waals surface area contributed by atoms with Crippen molar-refractivity contribution in [3.05, 3.63) is 123 Å². The minimum absolute atomic E-state index is 0. The molecule has 5 aromatic rings. The Morgan fingerprint density at radius 2 is 1.49 bits per heavy atom. The smallest absolute Gasteiger partial charge is 0.417 e. The zero-order chi connectivity index (χ0) is 29.7. The standard InChI is InChI=1S/C32H23F3N4O3.ClH/c1-20-5-3-6-24(36-20)19-42-27-8-4-7-26(32(33,34)35)28(27)30-37-29(38-31(40)39-30)23-15-11-21(12-16-23)9-10-22-13-17-25(41-2)18-14-22;/h3-8,11-18H,19H2,1-2H3,(H,37,38,39,40);1H. The molecule has 0 aliphatic rings. The maximum absolute atomic E-state index is 14.1. The molecule has 0 atom stereocenters. The number of alkyl halides is 3. The molecule has 43 heavy (non-hydrogen) atoms. The first-order chi connectivity index (χ1) is 20.2. The zero-order valence-electron chi connectivity index (χ0n) is 22.9. The van der Waals surface area contributed by atoms with E-state index in [9.17, 15) is 18.0 Å². The third kappa shape index (κ3) is 7.58. The molecule has 0 aliphatic heterocycles. The first-order valence-corrected chi connectivity index (χ1v) is 12.7. The van der Waals surface area contributed by atoms with Crippen LogP contribution in [0.4, 0.5) is 13.2 Å². The molecule has 0 amide bonds. The number of ether oxygens (including phenoxy) is 2. The highest BCUT2D eigenvalue weighted by Crippen LogP contribution is 2.41. The Labute approximate surface area is 251 Å². The molecule has 0 saturated carbocycles. The van der Waals surface area contributed by atoms with Gasteiger partial charge in [0.1, 0.15) is 23.9 Å². The fourth-order valence-corrected chi connectivity index (χ4v) is 4.12. The fraction of sp³-hybridized carbons (Fsp3) is 0.125. The van der Waals surface area contributed by atoms with Crippen molar-refractivity contribution in [3.8, 4) is 46.1 Å². The number of H-pyrrole nitrogens is 1. The number of nitrogens with zero attached hydrogens (tertiary/aromatic N) is 3.